The number of aromatic nitrogens is 2. The number of nitrogens with zero attached hydrogens (tertiary/aromatic N) is 3. The predicted molar refractivity (Wildman–Crippen MR) is 48.0 cm³/mol. The molecule has 8 heteroatoms. The highest BCUT2D eigenvalue weighted by Crippen LogP contribution is 2.19. The Balaban J connectivity index is 2.61. The molecule has 4 nitrogen and oxygen atoms in total. The standard InChI is InChI=1S/C7H9ClF3N3O/c1-14(4-7(9,10)11)6-13-12-5(15-6)2-3-8/h2-4H2,1H3. The second-order valence-electron chi connectivity index (χ2n) is 2.89. The highest BCUT2D eigenvalue weighted by Gasteiger charge is 2.31. The first-order valence-electron chi connectivity index (χ1n) is 4.08. The molecule has 1 rings (SSSR count). The van der Waals surface area contributed by atoms with Crippen LogP contribution in [0.2, 0.25) is 0 Å². The monoisotopic (exact) mass is 243 g/mol. The molecule has 1 aromatic rings. The minimum absolute atomic E-state index is 0.160. The summed E-state index contributed by atoms with van der Waals surface area (Å²) in [4.78, 5) is 0.838. The fraction of sp³-hybridized carbons (Fsp3) is 0.714. The predicted octanol–water partition coefficient (Wildman–Crippen LogP) is 1.85. The first-order valence-corrected chi connectivity index (χ1v) is 4.62. The first kappa shape index (κ1) is 12.1. The van der Waals surface area contributed by atoms with Gasteiger partial charge in [-0.1, -0.05) is 5.10 Å². The number of alkyl halides is 4. The molecule has 0 bridgehead atoms. The zero-order chi connectivity index (χ0) is 11.5. The Kier molecular flexibility index (Phi) is 3.78. The second kappa shape index (κ2) is 4.69. The maximum atomic E-state index is 12.0. The molecule has 0 aliphatic carbocycles. The fourth-order valence-corrected chi connectivity index (χ4v) is 1.08. The molecule has 1 aromatic heterocycles. The van der Waals surface area contributed by atoms with E-state index in [1.807, 2.05) is 0 Å². The van der Waals surface area contributed by atoms with Crippen molar-refractivity contribution in [2.24, 2.45) is 0 Å². The van der Waals surface area contributed by atoms with Gasteiger partial charge in [-0.05, 0) is 0 Å². The van der Waals surface area contributed by atoms with Crippen LogP contribution in [0.3, 0.4) is 0 Å². The van der Waals surface area contributed by atoms with Crippen LogP contribution in [0.5, 0.6) is 0 Å². The quantitative estimate of drug-likeness (QED) is 0.757. The zero-order valence-electron chi connectivity index (χ0n) is 7.88. The molecule has 86 valence electrons. The van der Waals surface area contributed by atoms with E-state index in [2.05, 4.69) is 10.2 Å². The zero-order valence-corrected chi connectivity index (χ0v) is 8.64. The van der Waals surface area contributed by atoms with E-state index in [0.29, 0.717) is 6.42 Å². The molecule has 0 spiro atoms. The minimum Gasteiger partial charge on any atom is -0.408 e. The topological polar surface area (TPSA) is 42.2 Å². The summed E-state index contributed by atoms with van der Waals surface area (Å²) in [6, 6.07) is -0.160. The van der Waals surface area contributed by atoms with Gasteiger partial charge in [0.25, 0.3) is 0 Å². The largest absolute Gasteiger partial charge is 0.408 e. The summed E-state index contributed by atoms with van der Waals surface area (Å²) in [7, 11) is 1.23. The summed E-state index contributed by atoms with van der Waals surface area (Å²) in [6.07, 6.45) is -3.95. The summed E-state index contributed by atoms with van der Waals surface area (Å²) in [5.74, 6) is 0.513. The van der Waals surface area contributed by atoms with Crippen LogP contribution in [-0.2, 0) is 6.42 Å². The molecule has 0 saturated heterocycles. The molecular weight excluding hydrogens is 235 g/mol. The highest BCUT2D eigenvalue weighted by molar-refractivity contribution is 6.17. The Morgan fingerprint density at radius 2 is 2.07 bits per heavy atom. The average molecular weight is 244 g/mol. The molecule has 1 heterocycles. The lowest BCUT2D eigenvalue weighted by Gasteiger charge is -2.15. The molecule has 0 aromatic carbocycles. The van der Waals surface area contributed by atoms with Gasteiger partial charge in [0.05, 0.1) is 0 Å². The van der Waals surface area contributed by atoms with Crippen molar-refractivity contribution < 1.29 is 17.6 Å². The van der Waals surface area contributed by atoms with E-state index in [1.54, 1.807) is 0 Å². The van der Waals surface area contributed by atoms with Gasteiger partial charge in [0.2, 0.25) is 5.89 Å². The molecule has 0 unspecified atom stereocenters. The lowest BCUT2D eigenvalue weighted by molar-refractivity contribution is -0.119. The Labute approximate surface area is 89.0 Å². The van der Waals surface area contributed by atoms with Crippen molar-refractivity contribution in [3.05, 3.63) is 5.89 Å². The molecule has 0 fully saturated rings. The van der Waals surface area contributed by atoms with Crippen molar-refractivity contribution in [3.63, 3.8) is 0 Å². The van der Waals surface area contributed by atoms with E-state index in [9.17, 15) is 13.2 Å². The second-order valence-corrected chi connectivity index (χ2v) is 3.27. The lowest BCUT2D eigenvalue weighted by atomic mass is 10.5. The molecule has 0 aliphatic rings. The molecule has 0 saturated carbocycles. The van der Waals surface area contributed by atoms with Crippen molar-refractivity contribution in [3.8, 4) is 0 Å². The van der Waals surface area contributed by atoms with Crippen molar-refractivity contribution >= 4 is 17.6 Å². The van der Waals surface area contributed by atoms with E-state index in [1.165, 1.54) is 7.05 Å². The van der Waals surface area contributed by atoms with Crippen LogP contribution in [0.4, 0.5) is 19.2 Å². The molecule has 0 aliphatic heterocycles. The fourth-order valence-electron chi connectivity index (χ4n) is 0.917. The van der Waals surface area contributed by atoms with Crippen molar-refractivity contribution in [1.82, 2.24) is 10.2 Å². The third-order valence-electron chi connectivity index (χ3n) is 1.51. The van der Waals surface area contributed by atoms with Gasteiger partial charge in [-0.25, -0.2) is 0 Å². The lowest BCUT2D eigenvalue weighted by Crippen LogP contribution is -2.31. The number of hydrogen-bond acceptors (Lipinski definition) is 4. The van der Waals surface area contributed by atoms with E-state index >= 15 is 0 Å². The van der Waals surface area contributed by atoms with Crippen LogP contribution in [0.15, 0.2) is 4.42 Å². The van der Waals surface area contributed by atoms with Gasteiger partial charge in [-0.3, -0.25) is 0 Å². The molecule has 0 radical (unpaired) electrons. The van der Waals surface area contributed by atoms with Crippen molar-refractivity contribution in [2.75, 3.05) is 24.4 Å². The Hall–Kier alpha value is -0.980. The Morgan fingerprint density at radius 3 is 2.60 bits per heavy atom. The third-order valence-corrected chi connectivity index (χ3v) is 1.70. The van der Waals surface area contributed by atoms with E-state index < -0.39 is 12.7 Å². The normalized spacial score (nSPS) is 11.8. The Bertz CT molecular complexity index is 315. The van der Waals surface area contributed by atoms with Crippen LogP contribution in [0.1, 0.15) is 5.89 Å². The van der Waals surface area contributed by atoms with Gasteiger partial charge in [0.15, 0.2) is 0 Å². The maximum absolute atomic E-state index is 12.0. The van der Waals surface area contributed by atoms with Gasteiger partial charge >= 0.3 is 12.2 Å². The number of halogens is 4. The molecule has 0 amide bonds. The summed E-state index contributed by atoms with van der Waals surface area (Å²) >= 11 is 5.41. The van der Waals surface area contributed by atoms with Gasteiger partial charge < -0.3 is 9.32 Å². The first-order chi connectivity index (χ1) is 6.92. The van der Waals surface area contributed by atoms with Gasteiger partial charge in [-0.15, -0.1) is 16.7 Å². The van der Waals surface area contributed by atoms with Gasteiger partial charge in [0.1, 0.15) is 6.54 Å². The van der Waals surface area contributed by atoms with Crippen LogP contribution in [-0.4, -0.2) is 35.8 Å². The minimum atomic E-state index is -4.30. The summed E-state index contributed by atoms with van der Waals surface area (Å²) in [5.41, 5.74) is 0. The molecule has 0 N–H and O–H groups in total. The van der Waals surface area contributed by atoms with E-state index in [-0.39, 0.29) is 17.8 Å². The number of aryl methyl sites for hydroxylation is 1. The SMILES string of the molecule is CN(CC(F)(F)F)c1nnc(CCCl)o1. The van der Waals surface area contributed by atoms with Crippen molar-refractivity contribution in [2.45, 2.75) is 12.6 Å². The summed E-state index contributed by atoms with van der Waals surface area (Å²) < 4.78 is 40.9. The van der Waals surface area contributed by atoms with Crippen molar-refractivity contribution in [1.29, 1.82) is 0 Å². The van der Waals surface area contributed by atoms with Crippen LogP contribution >= 0.6 is 11.6 Å². The number of rotatable bonds is 4. The number of hydrogen-bond donors (Lipinski definition) is 0. The maximum Gasteiger partial charge on any atom is 0.406 e. The average Bonchev–Trinajstić information content (AvgIpc) is 2.50. The molecular formula is C7H9ClF3N3O. The Morgan fingerprint density at radius 1 is 1.40 bits per heavy atom. The van der Waals surface area contributed by atoms with Crippen LogP contribution < -0.4 is 4.90 Å². The summed E-state index contributed by atoms with van der Waals surface area (Å²) in [5, 5.41) is 7.02. The third kappa shape index (κ3) is 3.94. The van der Waals surface area contributed by atoms with Crippen LogP contribution in [0.25, 0.3) is 0 Å². The van der Waals surface area contributed by atoms with Crippen LogP contribution in [0, 0.1) is 0 Å². The van der Waals surface area contributed by atoms with Gasteiger partial charge in [0, 0.05) is 19.3 Å². The van der Waals surface area contributed by atoms with E-state index in [0.717, 1.165) is 4.90 Å². The summed E-state index contributed by atoms with van der Waals surface area (Å²) in [6.45, 7) is -1.13. The molecule has 15 heavy (non-hydrogen) atoms. The van der Waals surface area contributed by atoms with E-state index in [4.69, 9.17) is 16.0 Å². The molecule has 0 atom stereocenters. The number of anilines is 1. The van der Waals surface area contributed by atoms with Gasteiger partial charge in [-0.2, -0.15) is 13.2 Å². The highest BCUT2D eigenvalue weighted by atomic mass is 35.5. The smallest absolute Gasteiger partial charge is 0.406 e.